The van der Waals surface area contributed by atoms with Gasteiger partial charge in [-0.05, 0) is 50.3 Å². The Balaban J connectivity index is 2.07. The van der Waals surface area contributed by atoms with Crippen LogP contribution in [0.1, 0.15) is 46.9 Å². The van der Waals surface area contributed by atoms with Gasteiger partial charge in [-0.1, -0.05) is 6.07 Å². The third-order valence-corrected chi connectivity index (χ3v) is 4.14. The predicted molar refractivity (Wildman–Crippen MR) is 84.8 cm³/mol. The molecule has 120 valence electrons. The number of benzene rings is 1. The maximum atomic E-state index is 12.4. The molecule has 5 nitrogen and oxygen atoms in total. The molecule has 0 heterocycles. The van der Waals surface area contributed by atoms with Crippen molar-refractivity contribution in [3.63, 3.8) is 0 Å². The van der Waals surface area contributed by atoms with Gasteiger partial charge in [-0.25, -0.2) is 0 Å². The summed E-state index contributed by atoms with van der Waals surface area (Å²) >= 11 is 0. The van der Waals surface area contributed by atoms with Gasteiger partial charge < -0.3 is 15.3 Å². The summed E-state index contributed by atoms with van der Waals surface area (Å²) in [5.74, 6) is 0.206. The summed E-state index contributed by atoms with van der Waals surface area (Å²) in [4.78, 5) is 26.1. The molecule has 1 aliphatic carbocycles. The topological polar surface area (TPSA) is 69.6 Å². The molecule has 1 atom stereocenters. The van der Waals surface area contributed by atoms with E-state index in [1.165, 1.54) is 0 Å². The lowest BCUT2D eigenvalue weighted by Crippen LogP contribution is -2.37. The molecule has 1 aromatic carbocycles. The molecule has 2 amide bonds. The standard InChI is InChI=1S/C17H24N2O3/c1-3-19(2)17(22)14-6-4-5-13(11-14)16(21)18-15(9-10-20)12-7-8-12/h4-6,11-12,15,20H,3,7-10H2,1-2H3,(H,18,21). The first-order chi connectivity index (χ1) is 10.6. The number of carbonyl (C=O) groups excluding carboxylic acids is 2. The van der Waals surface area contributed by atoms with E-state index in [-0.39, 0.29) is 24.5 Å². The van der Waals surface area contributed by atoms with Crippen molar-refractivity contribution < 1.29 is 14.7 Å². The molecule has 2 rings (SSSR count). The molecule has 0 aromatic heterocycles. The highest BCUT2D eigenvalue weighted by atomic mass is 16.3. The van der Waals surface area contributed by atoms with E-state index < -0.39 is 0 Å². The molecule has 1 aromatic rings. The molecule has 0 saturated heterocycles. The van der Waals surface area contributed by atoms with E-state index in [9.17, 15) is 9.59 Å². The molecule has 5 heteroatoms. The molecule has 1 saturated carbocycles. The van der Waals surface area contributed by atoms with Crippen molar-refractivity contribution in [1.82, 2.24) is 10.2 Å². The van der Waals surface area contributed by atoms with Crippen LogP contribution in [0.15, 0.2) is 24.3 Å². The SMILES string of the molecule is CCN(C)C(=O)c1cccc(C(=O)NC(CCO)C2CC2)c1. The monoisotopic (exact) mass is 304 g/mol. The second-order valence-corrected chi connectivity index (χ2v) is 5.83. The van der Waals surface area contributed by atoms with Crippen LogP contribution in [0.25, 0.3) is 0 Å². The average Bonchev–Trinajstić information content (AvgIpc) is 3.37. The first-order valence-electron chi connectivity index (χ1n) is 7.84. The smallest absolute Gasteiger partial charge is 0.253 e. The van der Waals surface area contributed by atoms with Gasteiger partial charge >= 0.3 is 0 Å². The zero-order valence-corrected chi connectivity index (χ0v) is 13.2. The van der Waals surface area contributed by atoms with Gasteiger partial charge in [-0.3, -0.25) is 9.59 Å². The zero-order valence-electron chi connectivity index (χ0n) is 13.2. The normalized spacial score (nSPS) is 15.2. The van der Waals surface area contributed by atoms with Crippen molar-refractivity contribution >= 4 is 11.8 Å². The van der Waals surface area contributed by atoms with Crippen LogP contribution in [0.2, 0.25) is 0 Å². The minimum Gasteiger partial charge on any atom is -0.396 e. The summed E-state index contributed by atoms with van der Waals surface area (Å²) < 4.78 is 0. The minimum atomic E-state index is -0.181. The molecular formula is C17H24N2O3. The Morgan fingerprint density at radius 1 is 1.36 bits per heavy atom. The van der Waals surface area contributed by atoms with Crippen LogP contribution < -0.4 is 5.32 Å². The number of carbonyl (C=O) groups is 2. The van der Waals surface area contributed by atoms with Crippen molar-refractivity contribution in [3.05, 3.63) is 35.4 Å². The van der Waals surface area contributed by atoms with Crippen LogP contribution in [0, 0.1) is 5.92 Å². The molecule has 0 spiro atoms. The van der Waals surface area contributed by atoms with Crippen LogP contribution in [-0.4, -0.2) is 48.1 Å². The van der Waals surface area contributed by atoms with Crippen molar-refractivity contribution in [3.8, 4) is 0 Å². The van der Waals surface area contributed by atoms with Gasteiger partial charge in [-0.15, -0.1) is 0 Å². The second kappa shape index (κ2) is 7.40. The Labute approximate surface area is 131 Å². The molecule has 2 N–H and O–H groups in total. The highest BCUT2D eigenvalue weighted by molar-refractivity contribution is 5.99. The number of hydrogen-bond donors (Lipinski definition) is 2. The van der Waals surface area contributed by atoms with E-state index in [1.807, 2.05) is 6.92 Å². The molecule has 1 fully saturated rings. The van der Waals surface area contributed by atoms with Gasteiger partial charge in [0, 0.05) is 37.4 Å². The van der Waals surface area contributed by atoms with Crippen molar-refractivity contribution in [2.45, 2.75) is 32.2 Å². The number of hydrogen-bond acceptors (Lipinski definition) is 3. The largest absolute Gasteiger partial charge is 0.396 e. The second-order valence-electron chi connectivity index (χ2n) is 5.83. The fourth-order valence-electron chi connectivity index (χ4n) is 2.47. The summed E-state index contributed by atoms with van der Waals surface area (Å²) in [5, 5.41) is 12.1. The lowest BCUT2D eigenvalue weighted by molar-refractivity contribution is 0.0802. The van der Waals surface area contributed by atoms with E-state index >= 15 is 0 Å². The van der Waals surface area contributed by atoms with Crippen molar-refractivity contribution in [2.24, 2.45) is 5.92 Å². The fourth-order valence-corrected chi connectivity index (χ4v) is 2.47. The maximum absolute atomic E-state index is 12.4. The van der Waals surface area contributed by atoms with Gasteiger partial charge in [0.05, 0.1) is 0 Å². The van der Waals surface area contributed by atoms with Crippen molar-refractivity contribution in [2.75, 3.05) is 20.2 Å². The Morgan fingerprint density at radius 3 is 2.64 bits per heavy atom. The molecular weight excluding hydrogens is 280 g/mol. The van der Waals surface area contributed by atoms with Gasteiger partial charge in [0.15, 0.2) is 0 Å². The predicted octanol–water partition coefficient (Wildman–Crippen LogP) is 1.67. The van der Waals surface area contributed by atoms with Gasteiger partial charge in [0.1, 0.15) is 0 Å². The summed E-state index contributed by atoms with van der Waals surface area (Å²) in [5.41, 5.74) is 1.00. The highest BCUT2D eigenvalue weighted by Gasteiger charge is 2.32. The van der Waals surface area contributed by atoms with E-state index in [2.05, 4.69) is 5.32 Å². The third-order valence-electron chi connectivity index (χ3n) is 4.14. The highest BCUT2D eigenvalue weighted by Crippen LogP contribution is 2.34. The average molecular weight is 304 g/mol. The number of nitrogens with one attached hydrogen (secondary N) is 1. The van der Waals surface area contributed by atoms with Crippen LogP contribution in [0.3, 0.4) is 0 Å². The Hall–Kier alpha value is -1.88. The Bertz CT molecular complexity index is 540. The van der Waals surface area contributed by atoms with Gasteiger partial charge in [0.25, 0.3) is 11.8 Å². The van der Waals surface area contributed by atoms with E-state index in [0.717, 1.165) is 12.8 Å². The van der Waals surface area contributed by atoms with Crippen LogP contribution in [0.5, 0.6) is 0 Å². The summed E-state index contributed by atoms with van der Waals surface area (Å²) in [6, 6.07) is 6.81. The molecule has 0 aliphatic heterocycles. The van der Waals surface area contributed by atoms with E-state index in [0.29, 0.717) is 30.0 Å². The molecule has 0 bridgehead atoms. The number of amides is 2. The van der Waals surface area contributed by atoms with Crippen molar-refractivity contribution in [1.29, 1.82) is 0 Å². The molecule has 0 radical (unpaired) electrons. The van der Waals surface area contributed by atoms with Crippen LogP contribution >= 0.6 is 0 Å². The first-order valence-corrected chi connectivity index (χ1v) is 7.84. The Kier molecular flexibility index (Phi) is 5.55. The van der Waals surface area contributed by atoms with Crippen LogP contribution in [0.4, 0.5) is 0 Å². The number of nitrogens with zero attached hydrogens (tertiary/aromatic N) is 1. The maximum Gasteiger partial charge on any atom is 0.253 e. The third kappa shape index (κ3) is 4.07. The summed E-state index contributed by atoms with van der Waals surface area (Å²) in [6.45, 7) is 2.60. The molecule has 1 aliphatic rings. The Morgan fingerprint density at radius 2 is 2.05 bits per heavy atom. The van der Waals surface area contributed by atoms with Crippen LogP contribution in [-0.2, 0) is 0 Å². The number of aliphatic hydroxyl groups is 1. The van der Waals surface area contributed by atoms with Gasteiger partial charge in [-0.2, -0.15) is 0 Å². The summed E-state index contributed by atoms with van der Waals surface area (Å²) in [7, 11) is 1.74. The quantitative estimate of drug-likeness (QED) is 0.805. The first kappa shape index (κ1) is 16.5. The van der Waals surface area contributed by atoms with Gasteiger partial charge in [0.2, 0.25) is 0 Å². The zero-order chi connectivity index (χ0) is 16.1. The number of aliphatic hydroxyl groups excluding tert-OH is 1. The minimum absolute atomic E-state index is 0.0233. The molecule has 22 heavy (non-hydrogen) atoms. The fraction of sp³-hybridized carbons (Fsp3) is 0.529. The number of rotatable bonds is 7. The lowest BCUT2D eigenvalue weighted by Gasteiger charge is -2.18. The lowest BCUT2D eigenvalue weighted by atomic mass is 10.1. The summed E-state index contributed by atoms with van der Waals surface area (Å²) in [6.07, 6.45) is 2.78. The van der Waals surface area contributed by atoms with E-state index in [1.54, 1.807) is 36.2 Å². The van der Waals surface area contributed by atoms with E-state index in [4.69, 9.17) is 5.11 Å². The molecule has 1 unspecified atom stereocenters.